The number of rotatable bonds is 6. The second-order valence-electron chi connectivity index (χ2n) is 8.66. The summed E-state index contributed by atoms with van der Waals surface area (Å²) < 4.78 is 0. The molecule has 0 aliphatic carbocycles. The topological polar surface area (TPSA) is 72.2 Å². The molecular weight excluding hydrogens is 456 g/mol. The normalized spacial score (nSPS) is 10.6. The van der Waals surface area contributed by atoms with Gasteiger partial charge in [0.2, 0.25) is 11.8 Å². The van der Waals surface area contributed by atoms with E-state index in [0.717, 1.165) is 22.3 Å². The molecule has 0 radical (unpaired) electrons. The third-order valence-electron chi connectivity index (χ3n) is 6.58. The number of hydrogen-bond donors (Lipinski definition) is 2. The van der Waals surface area contributed by atoms with Crippen LogP contribution in [0.5, 0.6) is 0 Å². The zero-order chi connectivity index (χ0) is 27.3. The Bertz CT molecular complexity index is 1150. The van der Waals surface area contributed by atoms with E-state index in [2.05, 4.69) is 5.32 Å². The molecule has 192 valence electrons. The van der Waals surface area contributed by atoms with E-state index in [1.54, 1.807) is 7.05 Å². The summed E-state index contributed by atoms with van der Waals surface area (Å²) in [6.07, 6.45) is 0. The van der Waals surface area contributed by atoms with Gasteiger partial charge in [0.05, 0.1) is 10.8 Å². The van der Waals surface area contributed by atoms with E-state index in [4.69, 9.17) is 5.73 Å². The SMILES string of the molecule is CC.CC(C(N)=O)(c1ccccc1)c1ccccc1.CNC(=O)C(C)(c1ccccc1)c1ccccc1. The van der Waals surface area contributed by atoms with Crippen LogP contribution in [-0.2, 0) is 20.4 Å². The number of carbonyl (C=O) groups excluding carboxylic acids is 2. The molecule has 0 atom stereocenters. The molecule has 2 amide bonds. The maximum Gasteiger partial charge on any atom is 0.234 e. The molecule has 37 heavy (non-hydrogen) atoms. The minimum absolute atomic E-state index is 0.0000926. The molecule has 0 aliphatic rings. The molecule has 0 saturated heterocycles. The fourth-order valence-electron chi connectivity index (χ4n) is 4.22. The van der Waals surface area contributed by atoms with Crippen LogP contribution in [0.2, 0.25) is 0 Å². The maximum atomic E-state index is 12.3. The summed E-state index contributed by atoms with van der Waals surface area (Å²) >= 11 is 0. The first kappa shape index (κ1) is 29.1. The van der Waals surface area contributed by atoms with Crippen LogP contribution in [0.1, 0.15) is 49.9 Å². The summed E-state index contributed by atoms with van der Waals surface area (Å²) in [6.45, 7) is 7.82. The van der Waals surface area contributed by atoms with Crippen LogP contribution in [0.25, 0.3) is 0 Å². The van der Waals surface area contributed by atoms with Crippen LogP contribution in [-0.4, -0.2) is 18.9 Å². The Balaban J connectivity index is 0.000000244. The van der Waals surface area contributed by atoms with Crippen molar-refractivity contribution in [3.8, 4) is 0 Å². The van der Waals surface area contributed by atoms with Crippen molar-refractivity contribution < 1.29 is 9.59 Å². The maximum absolute atomic E-state index is 12.3. The molecule has 3 N–H and O–H groups in total. The average Bonchev–Trinajstić information content (AvgIpc) is 2.99. The standard InChI is InChI=1S/C16H17NO.C15H15NO.C2H6/c1-16(15(18)17-2,13-9-5-3-6-10-13)14-11-7-4-8-12-14;1-15(14(16)17,12-8-4-2-5-9-12)13-10-6-3-7-11-13;1-2/h3-12H,1-2H3,(H,17,18);2-11H,1H3,(H2,16,17);1-2H3. The van der Waals surface area contributed by atoms with Crippen molar-refractivity contribution in [1.29, 1.82) is 0 Å². The lowest BCUT2D eigenvalue weighted by Gasteiger charge is -2.28. The highest BCUT2D eigenvalue weighted by atomic mass is 16.2. The molecule has 4 aromatic rings. The van der Waals surface area contributed by atoms with Crippen LogP contribution in [0, 0.1) is 0 Å². The molecule has 0 fully saturated rings. The molecule has 4 aromatic carbocycles. The van der Waals surface area contributed by atoms with Gasteiger partial charge < -0.3 is 11.1 Å². The zero-order valence-corrected chi connectivity index (χ0v) is 22.4. The largest absolute Gasteiger partial charge is 0.369 e. The highest BCUT2D eigenvalue weighted by Crippen LogP contribution is 2.32. The zero-order valence-electron chi connectivity index (χ0n) is 22.4. The Morgan fingerprint density at radius 1 is 0.541 bits per heavy atom. The number of nitrogens with one attached hydrogen (secondary N) is 1. The van der Waals surface area contributed by atoms with Gasteiger partial charge in [-0.25, -0.2) is 0 Å². The summed E-state index contributed by atoms with van der Waals surface area (Å²) in [5.41, 5.74) is 7.99. The number of likely N-dealkylation sites (N-methyl/N-ethyl adjacent to an activating group) is 1. The summed E-state index contributed by atoms with van der Waals surface area (Å²) in [5, 5.41) is 2.76. The third kappa shape index (κ3) is 6.53. The number of benzene rings is 4. The fraction of sp³-hybridized carbons (Fsp3) is 0.212. The van der Waals surface area contributed by atoms with E-state index >= 15 is 0 Å². The summed E-state index contributed by atoms with van der Waals surface area (Å²) in [6, 6.07) is 38.9. The predicted molar refractivity (Wildman–Crippen MR) is 153 cm³/mol. The fourth-order valence-corrected chi connectivity index (χ4v) is 4.22. The van der Waals surface area contributed by atoms with Crippen molar-refractivity contribution in [1.82, 2.24) is 5.32 Å². The first-order valence-corrected chi connectivity index (χ1v) is 12.6. The Morgan fingerprint density at radius 3 is 1.00 bits per heavy atom. The highest BCUT2D eigenvalue weighted by Gasteiger charge is 2.36. The third-order valence-corrected chi connectivity index (χ3v) is 6.58. The van der Waals surface area contributed by atoms with Crippen molar-refractivity contribution in [3.63, 3.8) is 0 Å². The quantitative estimate of drug-likeness (QED) is 0.333. The Labute approximate surface area is 221 Å². The van der Waals surface area contributed by atoms with E-state index < -0.39 is 10.8 Å². The molecule has 4 heteroatoms. The summed E-state index contributed by atoms with van der Waals surface area (Å²) in [7, 11) is 1.67. The minimum Gasteiger partial charge on any atom is -0.369 e. The first-order valence-electron chi connectivity index (χ1n) is 12.6. The van der Waals surface area contributed by atoms with E-state index in [0.29, 0.717) is 0 Å². The van der Waals surface area contributed by atoms with Gasteiger partial charge in [-0.2, -0.15) is 0 Å². The van der Waals surface area contributed by atoms with Crippen LogP contribution in [0.3, 0.4) is 0 Å². The molecule has 0 spiro atoms. The van der Waals surface area contributed by atoms with Gasteiger partial charge in [0, 0.05) is 7.05 Å². The molecule has 0 bridgehead atoms. The monoisotopic (exact) mass is 494 g/mol. The molecular formula is C33H38N2O2. The Morgan fingerprint density at radius 2 is 0.784 bits per heavy atom. The molecule has 0 saturated carbocycles. The van der Waals surface area contributed by atoms with Gasteiger partial charge in [0.1, 0.15) is 0 Å². The van der Waals surface area contributed by atoms with Crippen molar-refractivity contribution in [2.24, 2.45) is 5.73 Å². The van der Waals surface area contributed by atoms with E-state index in [-0.39, 0.29) is 11.8 Å². The predicted octanol–water partition coefficient (Wildman–Crippen LogP) is 6.24. The molecule has 0 heterocycles. The van der Waals surface area contributed by atoms with Crippen molar-refractivity contribution in [2.75, 3.05) is 7.05 Å². The number of amides is 2. The minimum atomic E-state index is -0.775. The first-order chi connectivity index (χ1) is 17.8. The lowest BCUT2D eigenvalue weighted by Crippen LogP contribution is -2.41. The van der Waals surface area contributed by atoms with Crippen molar-refractivity contribution in [3.05, 3.63) is 144 Å². The number of nitrogens with two attached hydrogens (primary N) is 1. The molecule has 4 rings (SSSR count). The Kier molecular flexibility index (Phi) is 10.8. The van der Waals surface area contributed by atoms with Crippen LogP contribution in [0.4, 0.5) is 0 Å². The highest BCUT2D eigenvalue weighted by molar-refractivity contribution is 5.91. The van der Waals surface area contributed by atoms with Gasteiger partial charge in [-0.1, -0.05) is 135 Å². The smallest absolute Gasteiger partial charge is 0.234 e. The lowest BCUT2D eigenvalue weighted by atomic mass is 9.75. The van der Waals surface area contributed by atoms with E-state index in [1.807, 2.05) is 149 Å². The number of hydrogen-bond acceptors (Lipinski definition) is 2. The number of carbonyl (C=O) groups is 2. The van der Waals surface area contributed by atoms with Crippen molar-refractivity contribution in [2.45, 2.75) is 38.5 Å². The van der Waals surface area contributed by atoms with Gasteiger partial charge in [0.15, 0.2) is 0 Å². The summed E-state index contributed by atoms with van der Waals surface area (Å²) in [5.74, 6) is -0.338. The van der Waals surface area contributed by atoms with Gasteiger partial charge in [-0.15, -0.1) is 0 Å². The van der Waals surface area contributed by atoms with E-state index in [9.17, 15) is 9.59 Å². The second-order valence-corrected chi connectivity index (χ2v) is 8.66. The summed E-state index contributed by atoms with van der Waals surface area (Å²) in [4.78, 5) is 24.2. The number of primary amides is 1. The second kappa shape index (κ2) is 13.8. The van der Waals surface area contributed by atoms with Gasteiger partial charge in [0.25, 0.3) is 0 Å². The average molecular weight is 495 g/mol. The molecule has 0 unspecified atom stereocenters. The Hall–Kier alpha value is -4.18. The molecule has 4 nitrogen and oxygen atoms in total. The van der Waals surface area contributed by atoms with E-state index in [1.165, 1.54) is 0 Å². The van der Waals surface area contributed by atoms with Crippen molar-refractivity contribution >= 4 is 11.8 Å². The molecule has 0 aliphatic heterocycles. The van der Waals surface area contributed by atoms with Gasteiger partial charge >= 0.3 is 0 Å². The van der Waals surface area contributed by atoms with Crippen LogP contribution >= 0.6 is 0 Å². The lowest BCUT2D eigenvalue weighted by molar-refractivity contribution is -0.124. The van der Waals surface area contributed by atoms with Crippen LogP contribution in [0.15, 0.2) is 121 Å². The molecule has 0 aromatic heterocycles. The van der Waals surface area contributed by atoms with Gasteiger partial charge in [-0.05, 0) is 36.1 Å². The van der Waals surface area contributed by atoms with Gasteiger partial charge in [-0.3, -0.25) is 9.59 Å². The van der Waals surface area contributed by atoms with Crippen LogP contribution < -0.4 is 11.1 Å².